The van der Waals surface area contributed by atoms with Crippen molar-refractivity contribution in [3.05, 3.63) is 30.1 Å². The van der Waals surface area contributed by atoms with E-state index in [0.717, 1.165) is 36.2 Å². The highest BCUT2D eigenvalue weighted by atomic mass is 14.9. The molecule has 1 unspecified atom stereocenters. The molecule has 1 aromatic heterocycles. The zero-order valence-corrected chi connectivity index (χ0v) is 9.03. The number of benzene rings is 1. The lowest BCUT2D eigenvalue weighted by molar-refractivity contribution is 0.538. The maximum Gasteiger partial charge on any atom is 0.107 e. The van der Waals surface area contributed by atoms with Gasteiger partial charge in [-0.05, 0) is 31.0 Å². The first-order valence-corrected chi connectivity index (χ1v) is 5.43. The summed E-state index contributed by atoms with van der Waals surface area (Å²) < 4.78 is 0. The highest BCUT2D eigenvalue weighted by Gasteiger charge is 2.04. The van der Waals surface area contributed by atoms with Crippen molar-refractivity contribution in [2.75, 3.05) is 6.54 Å². The summed E-state index contributed by atoms with van der Waals surface area (Å²) in [6, 6.07) is 8.11. The summed E-state index contributed by atoms with van der Waals surface area (Å²) in [5.74, 6) is 1.63. The summed E-state index contributed by atoms with van der Waals surface area (Å²) in [6.07, 6.45) is 2.07. The fraction of sp³-hybridized carbons (Fsp3) is 0.417. The minimum atomic E-state index is 0.568. The van der Waals surface area contributed by atoms with Gasteiger partial charge in [-0.15, -0.1) is 0 Å². The molecule has 80 valence electrons. The Balaban J connectivity index is 2.09. The van der Waals surface area contributed by atoms with E-state index in [2.05, 4.69) is 23.0 Å². The predicted octanol–water partition coefficient (Wildman–Crippen LogP) is 2.09. The molecule has 1 atom stereocenters. The first-order chi connectivity index (χ1) is 7.29. The Morgan fingerprint density at radius 3 is 2.93 bits per heavy atom. The van der Waals surface area contributed by atoms with Gasteiger partial charge < -0.3 is 10.7 Å². The van der Waals surface area contributed by atoms with Crippen LogP contribution in [-0.2, 0) is 6.42 Å². The number of imidazole rings is 1. The molecule has 0 bridgehead atoms. The van der Waals surface area contributed by atoms with Crippen LogP contribution in [0.15, 0.2) is 24.3 Å². The maximum absolute atomic E-state index is 5.58. The minimum absolute atomic E-state index is 0.568. The predicted molar refractivity (Wildman–Crippen MR) is 62.6 cm³/mol. The molecule has 15 heavy (non-hydrogen) atoms. The van der Waals surface area contributed by atoms with Crippen LogP contribution in [0.2, 0.25) is 0 Å². The number of nitrogens with two attached hydrogens (primary N) is 1. The third-order valence-electron chi connectivity index (χ3n) is 2.71. The standard InChI is InChI=1S/C12H17N3/c1-9(8-13)6-7-12-14-10-4-2-3-5-11(10)15-12/h2-5,9H,6-8,13H2,1H3,(H,14,15). The Morgan fingerprint density at radius 1 is 1.40 bits per heavy atom. The monoisotopic (exact) mass is 203 g/mol. The molecule has 0 saturated heterocycles. The molecule has 3 N–H and O–H groups in total. The molecular weight excluding hydrogens is 186 g/mol. The zero-order chi connectivity index (χ0) is 10.7. The molecule has 3 heteroatoms. The molecule has 0 saturated carbocycles. The van der Waals surface area contributed by atoms with E-state index in [9.17, 15) is 0 Å². The van der Waals surface area contributed by atoms with Crippen LogP contribution in [0.25, 0.3) is 11.0 Å². The molecule has 0 spiro atoms. The number of hydrogen-bond acceptors (Lipinski definition) is 2. The van der Waals surface area contributed by atoms with Crippen molar-refractivity contribution in [2.45, 2.75) is 19.8 Å². The quantitative estimate of drug-likeness (QED) is 0.799. The van der Waals surface area contributed by atoms with Crippen LogP contribution in [-0.4, -0.2) is 16.5 Å². The van der Waals surface area contributed by atoms with E-state index in [1.54, 1.807) is 0 Å². The topological polar surface area (TPSA) is 54.7 Å². The maximum atomic E-state index is 5.58. The summed E-state index contributed by atoms with van der Waals surface area (Å²) in [5.41, 5.74) is 7.75. The molecule has 2 rings (SSSR count). The second kappa shape index (κ2) is 4.45. The van der Waals surface area contributed by atoms with E-state index in [4.69, 9.17) is 5.73 Å². The van der Waals surface area contributed by atoms with Gasteiger partial charge in [-0.1, -0.05) is 19.1 Å². The van der Waals surface area contributed by atoms with Crippen molar-refractivity contribution in [2.24, 2.45) is 11.7 Å². The number of nitrogens with one attached hydrogen (secondary N) is 1. The van der Waals surface area contributed by atoms with E-state index in [0.29, 0.717) is 5.92 Å². The number of H-pyrrole nitrogens is 1. The van der Waals surface area contributed by atoms with Crippen LogP contribution in [0.1, 0.15) is 19.2 Å². The fourth-order valence-electron chi connectivity index (χ4n) is 1.63. The lowest BCUT2D eigenvalue weighted by atomic mass is 10.1. The van der Waals surface area contributed by atoms with Crippen LogP contribution >= 0.6 is 0 Å². The molecule has 3 nitrogen and oxygen atoms in total. The third kappa shape index (κ3) is 2.36. The van der Waals surface area contributed by atoms with Crippen molar-refractivity contribution in [1.29, 1.82) is 0 Å². The molecule has 0 aliphatic rings. The summed E-state index contributed by atoms with van der Waals surface area (Å²) in [6.45, 7) is 2.92. The van der Waals surface area contributed by atoms with Crippen LogP contribution in [0, 0.1) is 5.92 Å². The van der Waals surface area contributed by atoms with Gasteiger partial charge in [0.1, 0.15) is 5.82 Å². The van der Waals surface area contributed by atoms with Crippen molar-refractivity contribution >= 4 is 11.0 Å². The van der Waals surface area contributed by atoms with Gasteiger partial charge in [0.25, 0.3) is 0 Å². The lowest BCUT2D eigenvalue weighted by Gasteiger charge is -2.05. The Morgan fingerprint density at radius 2 is 2.20 bits per heavy atom. The number of aryl methyl sites for hydroxylation is 1. The number of para-hydroxylation sites is 2. The van der Waals surface area contributed by atoms with Crippen LogP contribution in [0.5, 0.6) is 0 Å². The number of hydrogen-bond donors (Lipinski definition) is 2. The molecule has 0 aliphatic carbocycles. The summed E-state index contributed by atoms with van der Waals surface area (Å²) >= 11 is 0. The molecule has 0 fully saturated rings. The highest BCUT2D eigenvalue weighted by molar-refractivity contribution is 5.74. The summed E-state index contributed by atoms with van der Waals surface area (Å²) in [7, 11) is 0. The SMILES string of the molecule is CC(CN)CCc1nc2ccccc2[nH]1. The molecular formula is C12H17N3. The highest BCUT2D eigenvalue weighted by Crippen LogP contribution is 2.12. The second-order valence-electron chi connectivity index (χ2n) is 4.08. The zero-order valence-electron chi connectivity index (χ0n) is 9.03. The van der Waals surface area contributed by atoms with Gasteiger partial charge in [0.2, 0.25) is 0 Å². The van der Waals surface area contributed by atoms with Crippen molar-refractivity contribution in [3.8, 4) is 0 Å². The van der Waals surface area contributed by atoms with Crippen molar-refractivity contribution in [3.63, 3.8) is 0 Å². The smallest absolute Gasteiger partial charge is 0.107 e. The largest absolute Gasteiger partial charge is 0.342 e. The Kier molecular flexibility index (Phi) is 3.02. The molecule has 1 aromatic carbocycles. The fourth-order valence-corrected chi connectivity index (χ4v) is 1.63. The molecule has 0 radical (unpaired) electrons. The number of fused-ring (bicyclic) bond motifs is 1. The van der Waals surface area contributed by atoms with Gasteiger partial charge in [-0.25, -0.2) is 4.98 Å². The average Bonchev–Trinajstić information content (AvgIpc) is 2.68. The van der Waals surface area contributed by atoms with Crippen molar-refractivity contribution in [1.82, 2.24) is 9.97 Å². The first kappa shape index (κ1) is 10.2. The Bertz CT molecular complexity index is 400. The van der Waals surface area contributed by atoms with E-state index >= 15 is 0 Å². The van der Waals surface area contributed by atoms with Gasteiger partial charge in [-0.2, -0.15) is 0 Å². The number of nitrogens with zero attached hydrogens (tertiary/aromatic N) is 1. The van der Waals surface area contributed by atoms with E-state index < -0.39 is 0 Å². The van der Waals surface area contributed by atoms with Gasteiger partial charge in [0.15, 0.2) is 0 Å². The number of aromatic amines is 1. The minimum Gasteiger partial charge on any atom is -0.342 e. The van der Waals surface area contributed by atoms with E-state index in [1.807, 2.05) is 18.2 Å². The first-order valence-electron chi connectivity index (χ1n) is 5.43. The van der Waals surface area contributed by atoms with E-state index in [1.165, 1.54) is 0 Å². The Labute approximate surface area is 89.7 Å². The third-order valence-corrected chi connectivity index (χ3v) is 2.71. The summed E-state index contributed by atoms with van der Waals surface area (Å²) in [5, 5.41) is 0. The Hall–Kier alpha value is -1.35. The lowest BCUT2D eigenvalue weighted by Crippen LogP contribution is -2.11. The van der Waals surface area contributed by atoms with Crippen LogP contribution in [0.3, 0.4) is 0 Å². The van der Waals surface area contributed by atoms with Gasteiger partial charge in [0.05, 0.1) is 11.0 Å². The van der Waals surface area contributed by atoms with E-state index in [-0.39, 0.29) is 0 Å². The number of rotatable bonds is 4. The van der Waals surface area contributed by atoms with Crippen LogP contribution < -0.4 is 5.73 Å². The molecule has 0 aliphatic heterocycles. The summed E-state index contributed by atoms with van der Waals surface area (Å²) in [4.78, 5) is 7.85. The molecule has 0 amide bonds. The number of aromatic nitrogens is 2. The molecule has 1 heterocycles. The second-order valence-corrected chi connectivity index (χ2v) is 4.08. The van der Waals surface area contributed by atoms with Crippen molar-refractivity contribution < 1.29 is 0 Å². The normalized spacial score (nSPS) is 13.2. The van der Waals surface area contributed by atoms with Gasteiger partial charge in [0, 0.05) is 6.42 Å². The van der Waals surface area contributed by atoms with Gasteiger partial charge in [-0.3, -0.25) is 0 Å². The van der Waals surface area contributed by atoms with Crippen LogP contribution in [0.4, 0.5) is 0 Å². The van der Waals surface area contributed by atoms with Gasteiger partial charge >= 0.3 is 0 Å². The molecule has 2 aromatic rings. The average molecular weight is 203 g/mol.